The van der Waals surface area contributed by atoms with Crippen LogP contribution < -0.4 is 0 Å². The number of nitrogens with zero attached hydrogens (tertiary/aromatic N) is 4. The maximum Gasteiger partial charge on any atom is 0.235 e. The van der Waals surface area contributed by atoms with Gasteiger partial charge in [0.15, 0.2) is 0 Å². The molecule has 9 aromatic carbocycles. The second-order valence-corrected chi connectivity index (χ2v) is 15.4. The number of fused-ring (bicyclic) bond motifs is 7. The molecule has 3 heterocycles. The predicted octanol–water partition coefficient (Wildman–Crippen LogP) is 14.5. The summed E-state index contributed by atoms with van der Waals surface area (Å²) >= 11 is 0. The molecule has 0 atom stereocenters. The largest absolute Gasteiger partial charge is 0.309 e. The zero-order valence-electron chi connectivity index (χ0n) is 32.6. The van der Waals surface area contributed by atoms with Crippen LogP contribution in [0.5, 0.6) is 0 Å². The smallest absolute Gasteiger partial charge is 0.235 e. The molecule has 12 rings (SSSR count). The zero-order chi connectivity index (χ0) is 39.6. The topological polar surface area (TPSA) is 35.6 Å². The fourth-order valence-electron chi connectivity index (χ4n) is 9.09. The number of hydrogen-bond acceptors (Lipinski definition) is 2. The number of rotatable bonds is 6. The third-order valence-electron chi connectivity index (χ3n) is 11.9. The average Bonchev–Trinajstić information content (AvgIpc) is 3.84. The highest BCUT2D eigenvalue weighted by Gasteiger charge is 2.19. The van der Waals surface area contributed by atoms with Crippen molar-refractivity contribution in [2.45, 2.75) is 0 Å². The van der Waals surface area contributed by atoms with Crippen LogP contribution in [0.15, 0.2) is 218 Å². The van der Waals surface area contributed by atoms with Crippen molar-refractivity contribution in [1.29, 1.82) is 0 Å². The van der Waals surface area contributed by atoms with Gasteiger partial charge in [-0.2, -0.15) is 0 Å². The molecule has 0 aliphatic heterocycles. The Kier molecular flexibility index (Phi) is 7.82. The molecule has 0 spiro atoms. The summed E-state index contributed by atoms with van der Waals surface area (Å²) in [6.45, 7) is 0. The highest BCUT2D eigenvalue weighted by molar-refractivity contribution is 6.12. The van der Waals surface area contributed by atoms with E-state index in [1.165, 1.54) is 38.5 Å². The first kappa shape index (κ1) is 34.0. The lowest BCUT2D eigenvalue weighted by atomic mass is 9.97. The predicted molar refractivity (Wildman–Crippen MR) is 250 cm³/mol. The van der Waals surface area contributed by atoms with Crippen LogP contribution in [0.3, 0.4) is 0 Å². The molecule has 12 aromatic rings. The van der Waals surface area contributed by atoms with Crippen LogP contribution in [0.25, 0.3) is 111 Å². The van der Waals surface area contributed by atoms with Gasteiger partial charge in [0.25, 0.3) is 0 Å². The van der Waals surface area contributed by atoms with Crippen molar-refractivity contribution >= 4 is 54.5 Å². The average molecular weight is 765 g/mol. The second-order valence-electron chi connectivity index (χ2n) is 15.4. The summed E-state index contributed by atoms with van der Waals surface area (Å²) in [7, 11) is 0. The van der Waals surface area contributed by atoms with Crippen LogP contribution in [-0.4, -0.2) is 19.1 Å². The summed E-state index contributed by atoms with van der Waals surface area (Å²) in [4.78, 5) is 10.7. The number of aromatic nitrogens is 4. The molecule has 0 bridgehead atoms. The van der Waals surface area contributed by atoms with E-state index in [0.717, 1.165) is 66.3 Å². The van der Waals surface area contributed by atoms with Crippen LogP contribution in [0.2, 0.25) is 0 Å². The Hall–Kier alpha value is -8.08. The first-order chi connectivity index (χ1) is 29.7. The Morgan fingerprint density at radius 1 is 0.267 bits per heavy atom. The highest BCUT2D eigenvalue weighted by atomic mass is 15.2. The van der Waals surface area contributed by atoms with E-state index in [4.69, 9.17) is 9.97 Å². The Morgan fingerprint density at radius 3 is 1.40 bits per heavy atom. The van der Waals surface area contributed by atoms with E-state index >= 15 is 0 Å². The summed E-state index contributed by atoms with van der Waals surface area (Å²) in [5.41, 5.74) is 15.6. The fraction of sp³-hybridized carbons (Fsp3) is 0. The van der Waals surface area contributed by atoms with E-state index in [1.54, 1.807) is 0 Å². The normalized spacial score (nSPS) is 11.7. The van der Waals surface area contributed by atoms with Gasteiger partial charge in [-0.3, -0.25) is 4.57 Å². The van der Waals surface area contributed by atoms with E-state index in [1.807, 2.05) is 0 Å². The molecule has 280 valence electrons. The Morgan fingerprint density at radius 2 is 0.717 bits per heavy atom. The van der Waals surface area contributed by atoms with E-state index in [-0.39, 0.29) is 0 Å². The summed E-state index contributed by atoms with van der Waals surface area (Å²) in [5.74, 6) is 0.649. The minimum Gasteiger partial charge on any atom is -0.309 e. The Balaban J connectivity index is 0.986. The van der Waals surface area contributed by atoms with Crippen molar-refractivity contribution in [3.8, 4) is 56.3 Å². The third-order valence-corrected chi connectivity index (χ3v) is 11.9. The molecule has 4 heteroatoms. The summed E-state index contributed by atoms with van der Waals surface area (Å²) in [6.07, 6.45) is 0. The molecule has 0 aliphatic rings. The minimum atomic E-state index is 0.649. The Bertz CT molecular complexity index is 3580. The van der Waals surface area contributed by atoms with Crippen LogP contribution in [0.1, 0.15) is 0 Å². The molecule has 3 aromatic heterocycles. The molecule has 0 unspecified atom stereocenters. The van der Waals surface area contributed by atoms with Crippen molar-refractivity contribution in [3.63, 3.8) is 0 Å². The lowest BCUT2D eigenvalue weighted by Gasteiger charge is -2.13. The van der Waals surface area contributed by atoms with Crippen LogP contribution in [0, 0.1) is 0 Å². The quantitative estimate of drug-likeness (QED) is 0.169. The van der Waals surface area contributed by atoms with Crippen LogP contribution >= 0.6 is 0 Å². The van der Waals surface area contributed by atoms with Crippen molar-refractivity contribution in [2.75, 3.05) is 0 Å². The molecule has 0 saturated heterocycles. The van der Waals surface area contributed by atoms with Crippen LogP contribution in [-0.2, 0) is 0 Å². The van der Waals surface area contributed by atoms with Gasteiger partial charge in [-0.1, -0.05) is 158 Å². The van der Waals surface area contributed by atoms with Gasteiger partial charge in [-0.15, -0.1) is 0 Å². The molecule has 0 saturated carbocycles. The van der Waals surface area contributed by atoms with Gasteiger partial charge in [0.1, 0.15) is 0 Å². The first-order valence-corrected chi connectivity index (χ1v) is 20.4. The van der Waals surface area contributed by atoms with Crippen LogP contribution in [0.4, 0.5) is 0 Å². The molecular formula is C56H36N4. The summed E-state index contributed by atoms with van der Waals surface area (Å²) in [5, 5.41) is 5.82. The van der Waals surface area contributed by atoms with Gasteiger partial charge in [-0.25, -0.2) is 9.97 Å². The summed E-state index contributed by atoms with van der Waals surface area (Å²) < 4.78 is 4.59. The maximum atomic E-state index is 5.42. The molecular weight excluding hydrogens is 729 g/mol. The van der Waals surface area contributed by atoms with Gasteiger partial charge >= 0.3 is 0 Å². The molecule has 0 radical (unpaired) electrons. The maximum absolute atomic E-state index is 5.42. The highest BCUT2D eigenvalue weighted by Crippen LogP contribution is 2.39. The minimum absolute atomic E-state index is 0.649. The molecule has 0 aliphatic carbocycles. The van der Waals surface area contributed by atoms with Gasteiger partial charge in [0, 0.05) is 38.2 Å². The SMILES string of the molecule is c1ccc(-c2ccc(-c3cccc(-c4nc(-n5c6ccccc6c6cc(-c7ccc8c(c7)c7ccccc7n8-c7ccccc7)ccc65)nc5ccccc45)c3)cc2)cc1. The van der Waals surface area contributed by atoms with Crippen molar-refractivity contribution in [1.82, 2.24) is 19.1 Å². The third kappa shape index (κ3) is 5.53. The lowest BCUT2D eigenvalue weighted by Crippen LogP contribution is -2.03. The van der Waals surface area contributed by atoms with Gasteiger partial charge in [0.2, 0.25) is 5.95 Å². The monoisotopic (exact) mass is 764 g/mol. The number of benzene rings is 9. The van der Waals surface area contributed by atoms with Gasteiger partial charge in [-0.05, 0) is 94.0 Å². The van der Waals surface area contributed by atoms with Crippen molar-refractivity contribution in [2.24, 2.45) is 0 Å². The fourth-order valence-corrected chi connectivity index (χ4v) is 9.09. The standard InChI is InChI=1S/C56H36N4/c1-3-14-37(15-4-1)38-26-28-39(29-27-38)40-16-13-17-43(34-40)55-47-22-7-10-23-50(47)57-56(58-55)60-52-25-12-9-21-46(52)49-36-42(31-33-54(49)60)41-30-32-53-48(35-41)45-20-8-11-24-51(45)59(53)44-18-5-2-6-19-44/h1-36H. The molecule has 0 fully saturated rings. The first-order valence-electron chi connectivity index (χ1n) is 20.4. The van der Waals surface area contributed by atoms with E-state index in [0.29, 0.717) is 5.95 Å². The lowest BCUT2D eigenvalue weighted by molar-refractivity contribution is 1.01. The van der Waals surface area contributed by atoms with Crippen molar-refractivity contribution in [3.05, 3.63) is 218 Å². The Labute approximate surface area is 346 Å². The molecule has 4 nitrogen and oxygen atoms in total. The van der Waals surface area contributed by atoms with Gasteiger partial charge < -0.3 is 4.57 Å². The van der Waals surface area contributed by atoms with E-state index < -0.39 is 0 Å². The number of para-hydroxylation sites is 4. The van der Waals surface area contributed by atoms with E-state index in [9.17, 15) is 0 Å². The number of hydrogen-bond donors (Lipinski definition) is 0. The molecule has 0 amide bonds. The van der Waals surface area contributed by atoms with Gasteiger partial charge in [0.05, 0.1) is 33.3 Å². The van der Waals surface area contributed by atoms with E-state index in [2.05, 4.69) is 228 Å². The second kappa shape index (κ2) is 13.8. The molecule has 0 N–H and O–H groups in total. The van der Waals surface area contributed by atoms with Crippen molar-refractivity contribution < 1.29 is 0 Å². The molecule has 60 heavy (non-hydrogen) atoms. The summed E-state index contributed by atoms with van der Waals surface area (Å²) in [6, 6.07) is 78.0. The zero-order valence-corrected chi connectivity index (χ0v) is 32.6.